The lowest BCUT2D eigenvalue weighted by Crippen LogP contribution is -2.33. The molecule has 1 N–H and O–H groups in total. The van der Waals surface area contributed by atoms with Crippen molar-refractivity contribution in [3.63, 3.8) is 0 Å². The second-order valence-electron chi connectivity index (χ2n) is 5.82. The number of thioether (sulfide) groups is 1. The third kappa shape index (κ3) is 4.87. The van der Waals surface area contributed by atoms with E-state index >= 15 is 0 Å². The Bertz CT molecular complexity index is 872. The van der Waals surface area contributed by atoms with Gasteiger partial charge < -0.3 is 5.32 Å². The average molecular weight is 406 g/mol. The van der Waals surface area contributed by atoms with E-state index in [1.54, 1.807) is 29.2 Å². The number of nitrogens with one attached hydrogen (secondary N) is 1. The molecule has 0 bridgehead atoms. The summed E-state index contributed by atoms with van der Waals surface area (Å²) in [4.78, 5) is 30.9. The van der Waals surface area contributed by atoms with Crippen molar-refractivity contribution in [1.82, 2.24) is 4.90 Å². The zero-order valence-electron chi connectivity index (χ0n) is 14.5. The van der Waals surface area contributed by atoms with Crippen LogP contribution in [-0.4, -0.2) is 33.7 Å². The lowest BCUT2D eigenvalue weighted by molar-refractivity contribution is -0.128. The van der Waals surface area contributed by atoms with Gasteiger partial charge in [0.1, 0.15) is 11.1 Å². The van der Waals surface area contributed by atoms with Gasteiger partial charge >= 0.3 is 0 Å². The number of benzene rings is 2. The molecule has 1 aliphatic heterocycles. The third-order valence-electron chi connectivity index (χ3n) is 3.89. The minimum absolute atomic E-state index is 0.0109. The summed E-state index contributed by atoms with van der Waals surface area (Å²) in [7, 11) is 0. The molecular formula is C19H17ClFN3O2S. The predicted molar refractivity (Wildman–Crippen MR) is 107 cm³/mol. The Kier molecular flexibility index (Phi) is 6.13. The van der Waals surface area contributed by atoms with Crippen LogP contribution in [-0.2, 0) is 9.59 Å². The van der Waals surface area contributed by atoms with Gasteiger partial charge in [0, 0.05) is 23.7 Å². The molecule has 27 heavy (non-hydrogen) atoms. The second kappa shape index (κ2) is 8.54. The van der Waals surface area contributed by atoms with Crippen LogP contribution in [0, 0.1) is 5.82 Å². The van der Waals surface area contributed by atoms with Crippen LogP contribution in [0.5, 0.6) is 0 Å². The molecule has 5 nitrogen and oxygen atoms in total. The first-order valence-electron chi connectivity index (χ1n) is 8.34. The smallest absolute Gasteiger partial charge is 0.242 e. The molecule has 2 aromatic carbocycles. The van der Waals surface area contributed by atoms with Crippen molar-refractivity contribution >= 4 is 51.7 Å². The Morgan fingerprint density at radius 2 is 1.89 bits per heavy atom. The molecule has 8 heteroatoms. The van der Waals surface area contributed by atoms with E-state index in [0.29, 0.717) is 28.1 Å². The molecule has 3 rings (SSSR count). The highest BCUT2D eigenvalue weighted by Crippen LogP contribution is 2.32. The van der Waals surface area contributed by atoms with Crippen LogP contribution in [0.3, 0.4) is 0 Å². The third-order valence-corrected chi connectivity index (χ3v) is 5.31. The number of hydrogen-bond donors (Lipinski definition) is 1. The normalized spacial score (nSPS) is 18.2. The molecule has 1 heterocycles. The zero-order valence-corrected chi connectivity index (χ0v) is 16.1. The van der Waals surface area contributed by atoms with Gasteiger partial charge in [-0.2, -0.15) is 0 Å². The van der Waals surface area contributed by atoms with E-state index in [4.69, 9.17) is 11.6 Å². The largest absolute Gasteiger partial charge is 0.326 e. The van der Waals surface area contributed by atoms with Gasteiger partial charge in [0.25, 0.3) is 0 Å². The maximum Gasteiger partial charge on any atom is 0.242 e. The minimum Gasteiger partial charge on any atom is -0.326 e. The Labute approximate surface area is 165 Å². The zero-order chi connectivity index (χ0) is 19.4. The molecule has 1 fully saturated rings. The molecule has 0 radical (unpaired) electrons. The first kappa shape index (κ1) is 19.4. The van der Waals surface area contributed by atoms with Crippen molar-refractivity contribution in [2.75, 3.05) is 11.9 Å². The Hall–Kier alpha value is -2.38. The number of aliphatic imine (C=N–C) groups is 1. The summed E-state index contributed by atoms with van der Waals surface area (Å²) >= 11 is 7.14. The van der Waals surface area contributed by atoms with Gasteiger partial charge in [0.05, 0.1) is 5.69 Å². The first-order chi connectivity index (χ1) is 13.0. The highest BCUT2D eigenvalue weighted by Gasteiger charge is 2.38. The maximum atomic E-state index is 12.9. The number of rotatable bonds is 5. The molecule has 2 aromatic rings. The molecule has 0 spiro atoms. The van der Waals surface area contributed by atoms with Gasteiger partial charge in [0.2, 0.25) is 11.8 Å². The fourth-order valence-corrected chi connectivity index (χ4v) is 3.90. The predicted octanol–water partition coefficient (Wildman–Crippen LogP) is 4.46. The van der Waals surface area contributed by atoms with Crippen LogP contribution in [0.2, 0.25) is 5.02 Å². The van der Waals surface area contributed by atoms with Crippen molar-refractivity contribution in [1.29, 1.82) is 0 Å². The molecular weight excluding hydrogens is 389 g/mol. The topological polar surface area (TPSA) is 61.8 Å². The lowest BCUT2D eigenvalue weighted by atomic mass is 10.2. The van der Waals surface area contributed by atoms with Gasteiger partial charge in [-0.15, -0.1) is 0 Å². The molecule has 140 valence electrons. The Morgan fingerprint density at radius 3 is 2.52 bits per heavy atom. The van der Waals surface area contributed by atoms with Crippen LogP contribution in [0.1, 0.15) is 13.3 Å². The highest BCUT2D eigenvalue weighted by molar-refractivity contribution is 8.15. The molecule has 2 amide bonds. The summed E-state index contributed by atoms with van der Waals surface area (Å²) < 4.78 is 12.9. The summed E-state index contributed by atoms with van der Waals surface area (Å²) in [5.41, 5.74) is 1.17. The van der Waals surface area contributed by atoms with Crippen molar-refractivity contribution in [2.45, 2.75) is 18.6 Å². The van der Waals surface area contributed by atoms with Crippen molar-refractivity contribution in [3.8, 4) is 0 Å². The van der Waals surface area contributed by atoms with E-state index in [1.165, 1.54) is 36.0 Å². The molecule has 0 aromatic heterocycles. The minimum atomic E-state index is -0.545. The quantitative estimate of drug-likeness (QED) is 0.798. The number of amidine groups is 1. The summed E-state index contributed by atoms with van der Waals surface area (Å²) in [5.74, 6) is -0.836. The molecule has 1 aliphatic rings. The van der Waals surface area contributed by atoms with E-state index in [2.05, 4.69) is 10.3 Å². The average Bonchev–Trinajstić information content (AvgIpc) is 2.93. The Balaban J connectivity index is 1.69. The molecule has 0 aliphatic carbocycles. The summed E-state index contributed by atoms with van der Waals surface area (Å²) in [6.07, 6.45) is 0.0109. The monoisotopic (exact) mass is 405 g/mol. The summed E-state index contributed by atoms with van der Waals surface area (Å²) in [6.45, 7) is 2.32. The number of halogens is 2. The van der Waals surface area contributed by atoms with E-state index in [0.717, 1.165) is 0 Å². The van der Waals surface area contributed by atoms with E-state index in [9.17, 15) is 14.0 Å². The van der Waals surface area contributed by atoms with Gasteiger partial charge in [-0.1, -0.05) is 23.4 Å². The number of carbonyl (C=O) groups excluding carboxylic acids is 2. The van der Waals surface area contributed by atoms with Gasteiger partial charge in [-0.25, -0.2) is 9.38 Å². The molecule has 0 saturated carbocycles. The number of amides is 2. The fourth-order valence-electron chi connectivity index (χ4n) is 2.56. The summed E-state index contributed by atoms with van der Waals surface area (Å²) in [6, 6.07) is 12.5. The van der Waals surface area contributed by atoms with Gasteiger partial charge in [-0.05, 0) is 55.5 Å². The fraction of sp³-hybridized carbons (Fsp3) is 0.211. The number of anilines is 1. The SMILES string of the molecule is CCN1C(=O)C(CC(=O)Nc2ccc(F)cc2)SC1=Nc1ccc(Cl)cc1. The number of nitrogens with zero attached hydrogens (tertiary/aromatic N) is 2. The van der Waals surface area contributed by atoms with Crippen molar-refractivity contribution in [2.24, 2.45) is 4.99 Å². The van der Waals surface area contributed by atoms with Crippen molar-refractivity contribution < 1.29 is 14.0 Å². The van der Waals surface area contributed by atoms with Crippen LogP contribution in [0.25, 0.3) is 0 Å². The van der Waals surface area contributed by atoms with E-state index in [1.807, 2.05) is 6.92 Å². The van der Waals surface area contributed by atoms with Gasteiger partial charge in [0.15, 0.2) is 5.17 Å². The van der Waals surface area contributed by atoms with Crippen molar-refractivity contribution in [3.05, 3.63) is 59.4 Å². The first-order valence-corrected chi connectivity index (χ1v) is 9.59. The maximum absolute atomic E-state index is 12.9. The number of hydrogen-bond acceptors (Lipinski definition) is 4. The van der Waals surface area contributed by atoms with E-state index < -0.39 is 5.25 Å². The van der Waals surface area contributed by atoms with Gasteiger partial charge in [-0.3, -0.25) is 14.5 Å². The molecule has 1 saturated heterocycles. The highest BCUT2D eigenvalue weighted by atomic mass is 35.5. The second-order valence-corrected chi connectivity index (χ2v) is 7.43. The Morgan fingerprint density at radius 1 is 1.22 bits per heavy atom. The lowest BCUT2D eigenvalue weighted by Gasteiger charge is -2.13. The van der Waals surface area contributed by atoms with Crippen LogP contribution in [0.15, 0.2) is 53.5 Å². The molecule has 1 unspecified atom stereocenters. The standard InChI is InChI=1S/C19H17ClFN3O2S/c1-2-24-18(26)16(11-17(25)22-14-9-5-13(21)6-10-14)27-19(24)23-15-7-3-12(20)4-8-15/h3-10,16H,2,11H2,1H3,(H,22,25). The molecule has 1 atom stereocenters. The number of carbonyl (C=O) groups is 2. The van der Waals surface area contributed by atoms with Crippen LogP contribution in [0.4, 0.5) is 15.8 Å². The van der Waals surface area contributed by atoms with Crippen LogP contribution < -0.4 is 5.32 Å². The van der Waals surface area contributed by atoms with E-state index in [-0.39, 0.29) is 24.1 Å². The summed E-state index contributed by atoms with van der Waals surface area (Å²) in [5, 5.41) is 3.30. The van der Waals surface area contributed by atoms with Crippen LogP contribution >= 0.6 is 23.4 Å².